The molecule has 0 unspecified atom stereocenters. The summed E-state index contributed by atoms with van der Waals surface area (Å²) in [4.78, 5) is 10.9. The van der Waals surface area contributed by atoms with Gasteiger partial charge in [-0.2, -0.15) is 0 Å². The highest BCUT2D eigenvalue weighted by molar-refractivity contribution is 5.71. The van der Waals surface area contributed by atoms with Gasteiger partial charge in [-0.1, -0.05) is 12.1 Å². The number of fused-ring (bicyclic) bond motifs is 1. The van der Waals surface area contributed by atoms with Gasteiger partial charge in [-0.25, -0.2) is 0 Å². The van der Waals surface area contributed by atoms with Crippen LogP contribution in [0.2, 0.25) is 0 Å². The van der Waals surface area contributed by atoms with E-state index in [9.17, 15) is 4.79 Å². The number of carbonyl (C=O) groups is 1. The lowest BCUT2D eigenvalue weighted by atomic mass is 10.1. The van der Waals surface area contributed by atoms with Gasteiger partial charge in [-0.3, -0.25) is 4.79 Å². The standard InChI is InChI=1S/C13H17NO3/c1-16-13(15)9-14-6-4-10-2-3-12-11(8-10)5-7-17-12/h2-3,8,14H,4-7,9H2,1H3. The molecule has 0 saturated carbocycles. The van der Waals surface area contributed by atoms with Crippen molar-refractivity contribution < 1.29 is 14.3 Å². The number of benzene rings is 1. The fourth-order valence-electron chi connectivity index (χ4n) is 1.89. The summed E-state index contributed by atoms with van der Waals surface area (Å²) in [6.45, 7) is 1.83. The van der Waals surface area contributed by atoms with Crippen LogP contribution in [0, 0.1) is 0 Å². The maximum absolute atomic E-state index is 10.9. The molecule has 4 nitrogen and oxygen atoms in total. The molecule has 1 aliphatic rings. The highest BCUT2D eigenvalue weighted by Gasteiger charge is 2.11. The van der Waals surface area contributed by atoms with Crippen molar-refractivity contribution in [2.45, 2.75) is 12.8 Å². The third kappa shape index (κ3) is 3.20. The quantitative estimate of drug-likeness (QED) is 0.609. The molecule has 1 aromatic rings. The summed E-state index contributed by atoms with van der Waals surface area (Å²) in [6.07, 6.45) is 1.91. The van der Waals surface area contributed by atoms with Crippen LogP contribution in [-0.2, 0) is 22.4 Å². The lowest BCUT2D eigenvalue weighted by molar-refractivity contribution is -0.139. The van der Waals surface area contributed by atoms with E-state index in [4.69, 9.17) is 4.74 Å². The molecular formula is C13H17NO3. The molecule has 0 radical (unpaired) electrons. The monoisotopic (exact) mass is 235 g/mol. The average Bonchev–Trinajstić information content (AvgIpc) is 2.81. The maximum Gasteiger partial charge on any atom is 0.319 e. The average molecular weight is 235 g/mol. The lowest BCUT2D eigenvalue weighted by Crippen LogP contribution is -2.25. The van der Waals surface area contributed by atoms with Gasteiger partial charge in [0.1, 0.15) is 5.75 Å². The van der Waals surface area contributed by atoms with E-state index in [2.05, 4.69) is 22.2 Å². The van der Waals surface area contributed by atoms with Crippen molar-refractivity contribution in [1.29, 1.82) is 0 Å². The SMILES string of the molecule is COC(=O)CNCCc1ccc2c(c1)CCO2. The minimum Gasteiger partial charge on any atom is -0.493 e. The number of hydrogen-bond donors (Lipinski definition) is 1. The Labute approximate surface area is 101 Å². The van der Waals surface area contributed by atoms with E-state index in [1.807, 2.05) is 6.07 Å². The molecule has 4 heteroatoms. The molecular weight excluding hydrogens is 218 g/mol. The van der Waals surface area contributed by atoms with Gasteiger partial charge in [0, 0.05) is 6.42 Å². The summed E-state index contributed by atoms with van der Waals surface area (Å²) < 4.78 is 9.99. The topological polar surface area (TPSA) is 47.6 Å². The summed E-state index contributed by atoms with van der Waals surface area (Å²) in [7, 11) is 1.39. The van der Waals surface area contributed by atoms with Crippen molar-refractivity contribution in [2.75, 3.05) is 26.8 Å². The number of ether oxygens (including phenoxy) is 2. The van der Waals surface area contributed by atoms with Crippen molar-refractivity contribution in [3.63, 3.8) is 0 Å². The fourth-order valence-corrected chi connectivity index (χ4v) is 1.89. The van der Waals surface area contributed by atoms with Gasteiger partial charge in [0.15, 0.2) is 0 Å². The molecule has 0 aromatic heterocycles. The predicted octanol–water partition coefficient (Wildman–Crippen LogP) is 0.927. The molecule has 17 heavy (non-hydrogen) atoms. The number of methoxy groups -OCH3 is 1. The van der Waals surface area contributed by atoms with Crippen LogP contribution in [0.1, 0.15) is 11.1 Å². The highest BCUT2D eigenvalue weighted by atomic mass is 16.5. The molecule has 0 spiro atoms. The number of nitrogens with one attached hydrogen (secondary N) is 1. The molecule has 1 aliphatic heterocycles. The molecule has 0 saturated heterocycles. The van der Waals surface area contributed by atoms with Gasteiger partial charge in [-0.05, 0) is 30.2 Å². The van der Waals surface area contributed by atoms with Crippen LogP contribution in [0.4, 0.5) is 0 Å². The molecule has 2 rings (SSSR count). The lowest BCUT2D eigenvalue weighted by Gasteiger charge is -2.05. The van der Waals surface area contributed by atoms with Gasteiger partial charge in [-0.15, -0.1) is 0 Å². The number of carbonyl (C=O) groups excluding carboxylic acids is 1. The summed E-state index contributed by atoms with van der Waals surface area (Å²) in [6, 6.07) is 6.28. The Kier molecular flexibility index (Phi) is 3.98. The highest BCUT2D eigenvalue weighted by Crippen LogP contribution is 2.25. The van der Waals surface area contributed by atoms with Crippen LogP contribution in [0.15, 0.2) is 18.2 Å². The molecule has 1 heterocycles. The second-order valence-corrected chi connectivity index (χ2v) is 4.04. The van der Waals surface area contributed by atoms with E-state index in [1.54, 1.807) is 0 Å². The second kappa shape index (κ2) is 5.68. The Bertz CT molecular complexity index is 404. The largest absolute Gasteiger partial charge is 0.493 e. The van der Waals surface area contributed by atoms with Crippen LogP contribution in [0.25, 0.3) is 0 Å². The molecule has 0 bridgehead atoms. The van der Waals surface area contributed by atoms with Crippen LogP contribution in [0.5, 0.6) is 5.75 Å². The Morgan fingerprint density at radius 1 is 1.53 bits per heavy atom. The predicted molar refractivity (Wildman–Crippen MR) is 64.2 cm³/mol. The minimum atomic E-state index is -0.229. The van der Waals surface area contributed by atoms with E-state index < -0.39 is 0 Å². The van der Waals surface area contributed by atoms with E-state index >= 15 is 0 Å². The number of hydrogen-bond acceptors (Lipinski definition) is 4. The zero-order valence-electron chi connectivity index (χ0n) is 9.99. The smallest absolute Gasteiger partial charge is 0.319 e. The molecule has 1 N–H and O–H groups in total. The van der Waals surface area contributed by atoms with Crippen molar-refractivity contribution in [2.24, 2.45) is 0 Å². The summed E-state index contributed by atoms with van der Waals surface area (Å²) in [5.41, 5.74) is 2.56. The van der Waals surface area contributed by atoms with Crippen molar-refractivity contribution in [1.82, 2.24) is 5.32 Å². The molecule has 92 valence electrons. The van der Waals surface area contributed by atoms with Crippen LogP contribution >= 0.6 is 0 Å². The first-order valence-corrected chi connectivity index (χ1v) is 5.82. The fraction of sp³-hybridized carbons (Fsp3) is 0.462. The maximum atomic E-state index is 10.9. The molecule has 0 fully saturated rings. The zero-order valence-corrected chi connectivity index (χ0v) is 9.99. The van der Waals surface area contributed by atoms with Gasteiger partial charge < -0.3 is 14.8 Å². The first kappa shape index (κ1) is 11.9. The molecule has 1 aromatic carbocycles. The van der Waals surface area contributed by atoms with Crippen LogP contribution in [0.3, 0.4) is 0 Å². The molecule has 0 atom stereocenters. The first-order valence-electron chi connectivity index (χ1n) is 5.82. The Morgan fingerprint density at radius 3 is 3.24 bits per heavy atom. The van der Waals surface area contributed by atoms with Crippen molar-refractivity contribution >= 4 is 5.97 Å². The number of rotatable bonds is 5. The third-order valence-corrected chi connectivity index (χ3v) is 2.84. The van der Waals surface area contributed by atoms with Crippen LogP contribution in [-0.4, -0.2) is 32.8 Å². The van der Waals surface area contributed by atoms with E-state index in [0.29, 0.717) is 0 Å². The first-order chi connectivity index (χ1) is 8.29. The van der Waals surface area contributed by atoms with E-state index in [0.717, 1.165) is 31.7 Å². The summed E-state index contributed by atoms with van der Waals surface area (Å²) in [5, 5.41) is 3.05. The minimum absolute atomic E-state index is 0.229. The second-order valence-electron chi connectivity index (χ2n) is 4.04. The van der Waals surface area contributed by atoms with Gasteiger partial charge in [0.2, 0.25) is 0 Å². The summed E-state index contributed by atoms with van der Waals surface area (Å²) >= 11 is 0. The molecule has 0 amide bonds. The van der Waals surface area contributed by atoms with Gasteiger partial charge >= 0.3 is 5.97 Å². The van der Waals surface area contributed by atoms with E-state index in [-0.39, 0.29) is 12.5 Å². The Hall–Kier alpha value is -1.55. The van der Waals surface area contributed by atoms with E-state index in [1.165, 1.54) is 18.2 Å². The van der Waals surface area contributed by atoms with Crippen LogP contribution < -0.4 is 10.1 Å². The molecule has 0 aliphatic carbocycles. The van der Waals surface area contributed by atoms with Crippen molar-refractivity contribution in [3.05, 3.63) is 29.3 Å². The number of esters is 1. The van der Waals surface area contributed by atoms with Gasteiger partial charge in [0.25, 0.3) is 0 Å². The van der Waals surface area contributed by atoms with Gasteiger partial charge in [0.05, 0.1) is 20.3 Å². The zero-order chi connectivity index (χ0) is 12.1. The third-order valence-electron chi connectivity index (χ3n) is 2.84. The summed E-state index contributed by atoms with van der Waals surface area (Å²) in [5.74, 6) is 0.781. The normalized spacial score (nSPS) is 13.0. The van der Waals surface area contributed by atoms with Crippen molar-refractivity contribution in [3.8, 4) is 5.75 Å². The Balaban J connectivity index is 1.78. The Morgan fingerprint density at radius 2 is 2.41 bits per heavy atom.